The Bertz CT molecular complexity index is 751. The van der Waals surface area contributed by atoms with E-state index in [1.165, 1.54) is 0 Å². The lowest BCUT2D eigenvalue weighted by atomic mass is 10.0. The molecule has 2 rings (SSSR count). The van der Waals surface area contributed by atoms with E-state index in [4.69, 9.17) is 10.5 Å². The van der Waals surface area contributed by atoms with Gasteiger partial charge in [0.05, 0.1) is 16.2 Å². The number of sulfone groups is 1. The summed E-state index contributed by atoms with van der Waals surface area (Å²) in [6, 6.07) is 4.46. The van der Waals surface area contributed by atoms with Crippen molar-refractivity contribution in [3.8, 4) is 0 Å². The highest BCUT2D eigenvalue weighted by Gasteiger charge is 2.36. The number of nitrogen functional groups attached to an aromatic ring is 1. The molecule has 0 radical (unpaired) electrons. The first-order chi connectivity index (χ1) is 11.4. The lowest BCUT2D eigenvalue weighted by Gasteiger charge is -2.30. The third kappa shape index (κ3) is 4.26. The summed E-state index contributed by atoms with van der Waals surface area (Å²) in [5.74, 6) is 0. The molecule has 0 aromatic heterocycles. The molecule has 1 aliphatic rings. The number of rotatable bonds is 3. The first-order valence-corrected chi connectivity index (χ1v) is 10.1. The number of hydrogen-bond donors (Lipinski definition) is 1. The number of carbonyl (C=O) groups excluding carboxylic acids is 1. The first kappa shape index (κ1) is 19.6. The van der Waals surface area contributed by atoms with Crippen LogP contribution in [0.3, 0.4) is 0 Å². The highest BCUT2D eigenvalue weighted by molar-refractivity contribution is 7.92. The van der Waals surface area contributed by atoms with Crippen LogP contribution in [-0.2, 0) is 14.6 Å². The van der Waals surface area contributed by atoms with Gasteiger partial charge in [-0.3, -0.25) is 0 Å². The van der Waals surface area contributed by atoms with E-state index in [1.807, 2.05) is 20.8 Å². The van der Waals surface area contributed by atoms with Crippen molar-refractivity contribution in [1.82, 2.24) is 4.90 Å². The van der Waals surface area contributed by atoms with Crippen LogP contribution in [0, 0.1) is 0 Å². The van der Waals surface area contributed by atoms with Gasteiger partial charge in [0.2, 0.25) is 0 Å². The van der Waals surface area contributed by atoms with Gasteiger partial charge in [0.15, 0.2) is 9.84 Å². The van der Waals surface area contributed by atoms with E-state index in [2.05, 4.69) is 0 Å². The van der Waals surface area contributed by atoms with Crippen LogP contribution >= 0.6 is 0 Å². The van der Waals surface area contributed by atoms with Gasteiger partial charge in [-0.2, -0.15) is 0 Å². The molecule has 25 heavy (non-hydrogen) atoms. The molecule has 0 aliphatic carbocycles. The van der Waals surface area contributed by atoms with Gasteiger partial charge in [-0.25, -0.2) is 13.2 Å². The van der Waals surface area contributed by atoms with Crippen LogP contribution in [0.1, 0.15) is 59.1 Å². The fourth-order valence-corrected chi connectivity index (χ4v) is 4.26. The summed E-state index contributed by atoms with van der Waals surface area (Å²) in [5.41, 5.74) is 6.36. The summed E-state index contributed by atoms with van der Waals surface area (Å²) in [6.45, 7) is 9.27. The molecule has 0 saturated carbocycles. The fourth-order valence-electron chi connectivity index (χ4n) is 2.97. The Morgan fingerprint density at radius 1 is 1.32 bits per heavy atom. The number of anilines is 1. The quantitative estimate of drug-likeness (QED) is 0.825. The van der Waals surface area contributed by atoms with E-state index in [0.717, 1.165) is 6.42 Å². The van der Waals surface area contributed by atoms with Gasteiger partial charge >= 0.3 is 6.09 Å². The molecule has 1 aromatic carbocycles. The second-order valence-electron chi connectivity index (χ2n) is 7.72. The minimum atomic E-state index is -3.48. The van der Waals surface area contributed by atoms with Crippen molar-refractivity contribution >= 4 is 21.6 Å². The van der Waals surface area contributed by atoms with Crippen molar-refractivity contribution in [2.45, 2.75) is 69.2 Å². The summed E-state index contributed by atoms with van der Waals surface area (Å²) >= 11 is 0. The number of benzene rings is 1. The Morgan fingerprint density at radius 2 is 1.96 bits per heavy atom. The van der Waals surface area contributed by atoms with Crippen LogP contribution < -0.4 is 5.73 Å². The van der Waals surface area contributed by atoms with Gasteiger partial charge in [0.25, 0.3) is 0 Å². The van der Waals surface area contributed by atoms with E-state index in [-0.39, 0.29) is 10.9 Å². The van der Waals surface area contributed by atoms with Crippen LogP contribution in [0.15, 0.2) is 23.1 Å². The zero-order valence-corrected chi connectivity index (χ0v) is 16.4. The third-order valence-corrected chi connectivity index (χ3v) is 6.43. The van der Waals surface area contributed by atoms with Crippen molar-refractivity contribution in [3.05, 3.63) is 23.8 Å². The minimum Gasteiger partial charge on any atom is -0.444 e. The number of amides is 1. The maximum Gasteiger partial charge on any atom is 0.410 e. The van der Waals surface area contributed by atoms with E-state index in [1.54, 1.807) is 36.9 Å². The molecule has 1 fully saturated rings. The second-order valence-corrected chi connectivity index (χ2v) is 10.2. The molecule has 7 heteroatoms. The van der Waals surface area contributed by atoms with Crippen LogP contribution in [-0.4, -0.2) is 36.8 Å². The summed E-state index contributed by atoms with van der Waals surface area (Å²) in [5, 5.41) is -0.550. The standard InChI is InChI=1S/C18H28N2O4S/c1-12(2)25(22,23)16-9-8-13(19)11-14(16)15-7-6-10-20(15)17(21)24-18(3,4)5/h8-9,11-12,15H,6-7,10,19H2,1-5H3. The van der Waals surface area contributed by atoms with E-state index >= 15 is 0 Å². The SMILES string of the molecule is CC(C)S(=O)(=O)c1ccc(N)cc1C1CCCN1C(=O)OC(C)(C)C. The van der Waals surface area contributed by atoms with Crippen LogP contribution in [0.25, 0.3) is 0 Å². The molecule has 1 saturated heterocycles. The van der Waals surface area contributed by atoms with Crippen molar-refractivity contribution < 1.29 is 17.9 Å². The average molecular weight is 368 g/mol. The molecule has 2 N–H and O–H groups in total. The summed E-state index contributed by atoms with van der Waals surface area (Å²) in [4.78, 5) is 14.4. The second kappa shape index (κ2) is 6.86. The largest absolute Gasteiger partial charge is 0.444 e. The Hall–Kier alpha value is -1.76. The Kier molecular flexibility index (Phi) is 5.37. The molecule has 0 bridgehead atoms. The number of ether oxygens (including phenoxy) is 1. The highest BCUT2D eigenvalue weighted by atomic mass is 32.2. The predicted octanol–water partition coefficient (Wildman–Crippen LogP) is 3.52. The van der Waals surface area contributed by atoms with E-state index in [9.17, 15) is 13.2 Å². The maximum atomic E-state index is 12.8. The third-order valence-electron chi connectivity index (χ3n) is 4.20. The summed E-state index contributed by atoms with van der Waals surface area (Å²) in [6.07, 6.45) is 1.05. The van der Waals surface area contributed by atoms with Gasteiger partial charge in [-0.05, 0) is 71.2 Å². The Morgan fingerprint density at radius 3 is 2.52 bits per heavy atom. The molecular formula is C18H28N2O4S. The van der Waals surface area contributed by atoms with Crippen molar-refractivity contribution in [2.75, 3.05) is 12.3 Å². The first-order valence-electron chi connectivity index (χ1n) is 8.56. The molecule has 1 amide bonds. The molecule has 1 unspecified atom stereocenters. The lowest BCUT2D eigenvalue weighted by molar-refractivity contribution is 0.0222. The number of nitrogens with zero attached hydrogens (tertiary/aromatic N) is 1. The van der Waals surface area contributed by atoms with Gasteiger partial charge < -0.3 is 15.4 Å². The monoisotopic (exact) mass is 368 g/mol. The van der Waals surface area contributed by atoms with Crippen molar-refractivity contribution in [1.29, 1.82) is 0 Å². The normalized spacial score (nSPS) is 18.6. The zero-order valence-electron chi connectivity index (χ0n) is 15.6. The molecule has 6 nitrogen and oxygen atoms in total. The minimum absolute atomic E-state index is 0.247. The van der Waals surface area contributed by atoms with Gasteiger partial charge in [-0.1, -0.05) is 0 Å². The molecule has 1 heterocycles. The molecule has 1 atom stereocenters. The average Bonchev–Trinajstić information content (AvgIpc) is 2.94. The Balaban J connectivity index is 2.46. The molecule has 1 aromatic rings. The summed E-state index contributed by atoms with van der Waals surface area (Å²) in [7, 11) is -3.48. The molecular weight excluding hydrogens is 340 g/mol. The molecule has 0 spiro atoms. The van der Waals surface area contributed by atoms with Crippen molar-refractivity contribution in [2.24, 2.45) is 0 Å². The number of likely N-dealkylation sites (tertiary alicyclic amines) is 1. The number of hydrogen-bond acceptors (Lipinski definition) is 5. The molecule has 140 valence electrons. The van der Waals surface area contributed by atoms with Gasteiger partial charge in [-0.15, -0.1) is 0 Å². The smallest absolute Gasteiger partial charge is 0.410 e. The van der Waals surface area contributed by atoms with E-state index < -0.39 is 26.8 Å². The fraction of sp³-hybridized carbons (Fsp3) is 0.611. The zero-order chi connectivity index (χ0) is 19.0. The van der Waals surface area contributed by atoms with Crippen LogP contribution in [0.5, 0.6) is 0 Å². The Labute approximate surface area is 150 Å². The molecule has 1 aliphatic heterocycles. The van der Waals surface area contributed by atoms with E-state index in [0.29, 0.717) is 24.2 Å². The van der Waals surface area contributed by atoms with Crippen LogP contribution in [0.4, 0.5) is 10.5 Å². The van der Waals surface area contributed by atoms with Gasteiger partial charge in [0.1, 0.15) is 5.60 Å². The maximum absolute atomic E-state index is 12.8. The van der Waals surface area contributed by atoms with Crippen LogP contribution in [0.2, 0.25) is 0 Å². The number of carbonyl (C=O) groups is 1. The predicted molar refractivity (Wildman–Crippen MR) is 98.1 cm³/mol. The highest BCUT2D eigenvalue weighted by Crippen LogP contribution is 2.38. The summed E-state index contributed by atoms with van der Waals surface area (Å²) < 4.78 is 31.0. The van der Waals surface area contributed by atoms with Crippen molar-refractivity contribution in [3.63, 3.8) is 0 Å². The topological polar surface area (TPSA) is 89.7 Å². The number of nitrogens with two attached hydrogens (primary N) is 1. The lowest BCUT2D eigenvalue weighted by Crippen LogP contribution is -2.37. The van der Waals surface area contributed by atoms with Gasteiger partial charge in [0, 0.05) is 12.2 Å².